The van der Waals surface area contributed by atoms with Gasteiger partial charge in [-0.3, -0.25) is 14.6 Å². The minimum atomic E-state index is -0.777. The Balaban J connectivity index is 2.40. The van der Waals surface area contributed by atoms with Crippen LogP contribution in [0.5, 0.6) is 0 Å². The van der Waals surface area contributed by atoms with Crippen molar-refractivity contribution in [3.8, 4) is 0 Å². The van der Waals surface area contributed by atoms with Crippen LogP contribution in [0.15, 0.2) is 24.5 Å². The molecule has 1 heterocycles. The van der Waals surface area contributed by atoms with Gasteiger partial charge in [0, 0.05) is 18.9 Å². The quantitative estimate of drug-likeness (QED) is 0.689. The van der Waals surface area contributed by atoms with Crippen molar-refractivity contribution in [2.24, 2.45) is 5.73 Å². The van der Waals surface area contributed by atoms with Crippen LogP contribution in [0.4, 0.5) is 0 Å². The van der Waals surface area contributed by atoms with E-state index in [9.17, 15) is 9.59 Å². The van der Waals surface area contributed by atoms with Crippen molar-refractivity contribution in [1.29, 1.82) is 0 Å². The third kappa shape index (κ3) is 4.20. The largest absolute Gasteiger partial charge is 0.469 e. The highest BCUT2D eigenvalue weighted by molar-refractivity contribution is 5.83. The van der Waals surface area contributed by atoms with E-state index in [4.69, 9.17) is 5.73 Å². The summed E-state index contributed by atoms with van der Waals surface area (Å²) in [6.45, 7) is 0.208. The van der Waals surface area contributed by atoms with Crippen LogP contribution >= 0.6 is 0 Å². The van der Waals surface area contributed by atoms with E-state index in [1.165, 1.54) is 13.3 Å². The second-order valence-corrected chi connectivity index (χ2v) is 3.38. The number of rotatable bonds is 5. The van der Waals surface area contributed by atoms with E-state index < -0.39 is 6.04 Å². The van der Waals surface area contributed by atoms with Crippen molar-refractivity contribution in [3.05, 3.63) is 30.1 Å². The molecule has 0 aliphatic heterocycles. The van der Waals surface area contributed by atoms with Crippen LogP contribution in [-0.4, -0.2) is 30.5 Å². The predicted octanol–water partition coefficient (Wildman–Crippen LogP) is -0.239. The van der Waals surface area contributed by atoms with Gasteiger partial charge in [-0.1, -0.05) is 6.07 Å². The molecule has 1 rings (SSSR count). The highest BCUT2D eigenvalue weighted by Gasteiger charge is 2.15. The number of methoxy groups -OCH3 is 1. The van der Waals surface area contributed by atoms with Gasteiger partial charge in [-0.05, 0) is 11.6 Å². The summed E-state index contributed by atoms with van der Waals surface area (Å²) in [6.07, 6.45) is 3.26. The minimum absolute atomic E-state index is 0.127. The van der Waals surface area contributed by atoms with Gasteiger partial charge in [-0.25, -0.2) is 0 Å². The Morgan fingerprint density at radius 2 is 2.35 bits per heavy atom. The molecule has 1 atom stereocenters. The molecule has 0 bridgehead atoms. The summed E-state index contributed by atoms with van der Waals surface area (Å²) in [6, 6.07) is 2.65. The molecule has 0 spiro atoms. The van der Waals surface area contributed by atoms with Gasteiger partial charge in [0.2, 0.25) is 5.91 Å². The summed E-state index contributed by atoms with van der Waals surface area (Å²) >= 11 is 0. The number of carbonyl (C=O) groups is 2. The maximum atomic E-state index is 11.6. The molecule has 17 heavy (non-hydrogen) atoms. The Kier molecular flexibility index (Phi) is 5.09. The fraction of sp³-hybridized carbons (Fsp3) is 0.364. The molecule has 0 aromatic carbocycles. The first kappa shape index (κ1) is 13.1. The van der Waals surface area contributed by atoms with E-state index in [0.29, 0.717) is 5.56 Å². The maximum absolute atomic E-state index is 11.6. The van der Waals surface area contributed by atoms with Gasteiger partial charge < -0.3 is 15.8 Å². The van der Waals surface area contributed by atoms with Crippen molar-refractivity contribution < 1.29 is 14.3 Å². The Labute approximate surface area is 99.2 Å². The van der Waals surface area contributed by atoms with Crippen LogP contribution in [0, 0.1) is 0 Å². The number of esters is 1. The van der Waals surface area contributed by atoms with Crippen molar-refractivity contribution >= 4 is 11.9 Å². The van der Waals surface area contributed by atoms with Gasteiger partial charge in [-0.2, -0.15) is 0 Å². The standard InChI is InChI=1S/C11H15N3O3/c1-17-9(15)4-6-14-11(16)10(12)8-3-2-5-13-7-8/h2-3,5,7,10H,4,6,12H2,1H3,(H,14,16). The highest BCUT2D eigenvalue weighted by Crippen LogP contribution is 2.07. The SMILES string of the molecule is COC(=O)CCNC(=O)C(N)c1cccnc1. The lowest BCUT2D eigenvalue weighted by molar-refractivity contribution is -0.140. The summed E-state index contributed by atoms with van der Waals surface area (Å²) in [5, 5.41) is 2.55. The first-order valence-corrected chi connectivity index (χ1v) is 5.15. The lowest BCUT2D eigenvalue weighted by atomic mass is 10.1. The van der Waals surface area contributed by atoms with Crippen molar-refractivity contribution in [1.82, 2.24) is 10.3 Å². The average molecular weight is 237 g/mol. The first-order valence-electron chi connectivity index (χ1n) is 5.15. The summed E-state index contributed by atoms with van der Waals surface area (Å²) in [5.74, 6) is -0.720. The minimum Gasteiger partial charge on any atom is -0.469 e. The number of hydrogen-bond acceptors (Lipinski definition) is 5. The number of nitrogens with zero attached hydrogens (tertiary/aromatic N) is 1. The Morgan fingerprint density at radius 1 is 1.59 bits per heavy atom. The highest BCUT2D eigenvalue weighted by atomic mass is 16.5. The molecule has 0 saturated carbocycles. The number of carbonyl (C=O) groups excluding carboxylic acids is 2. The third-order valence-corrected chi connectivity index (χ3v) is 2.18. The van der Waals surface area contributed by atoms with Crippen LogP contribution in [0.1, 0.15) is 18.0 Å². The Bertz CT molecular complexity index is 381. The molecule has 6 nitrogen and oxygen atoms in total. The van der Waals surface area contributed by atoms with Gasteiger partial charge in [0.1, 0.15) is 6.04 Å². The van der Waals surface area contributed by atoms with Gasteiger partial charge in [-0.15, -0.1) is 0 Å². The molecule has 3 N–H and O–H groups in total. The van der Waals surface area contributed by atoms with Gasteiger partial charge in [0.25, 0.3) is 0 Å². The number of nitrogens with two attached hydrogens (primary N) is 1. The summed E-state index contributed by atoms with van der Waals surface area (Å²) in [5.41, 5.74) is 6.35. The zero-order valence-corrected chi connectivity index (χ0v) is 9.55. The normalized spacial score (nSPS) is 11.6. The maximum Gasteiger partial charge on any atom is 0.307 e. The molecule has 0 aliphatic rings. The second kappa shape index (κ2) is 6.59. The zero-order chi connectivity index (χ0) is 12.7. The van der Waals surface area contributed by atoms with E-state index in [-0.39, 0.29) is 24.8 Å². The Hall–Kier alpha value is -1.95. The predicted molar refractivity (Wildman–Crippen MR) is 60.8 cm³/mol. The van der Waals surface area contributed by atoms with Gasteiger partial charge in [0.05, 0.1) is 13.5 Å². The van der Waals surface area contributed by atoms with E-state index in [0.717, 1.165) is 0 Å². The Morgan fingerprint density at radius 3 is 2.94 bits per heavy atom. The molecule has 6 heteroatoms. The number of nitrogens with one attached hydrogen (secondary N) is 1. The van der Waals surface area contributed by atoms with Gasteiger partial charge >= 0.3 is 5.97 Å². The zero-order valence-electron chi connectivity index (χ0n) is 9.55. The van der Waals surface area contributed by atoms with Crippen molar-refractivity contribution in [2.45, 2.75) is 12.5 Å². The molecule has 0 aliphatic carbocycles. The molecule has 0 saturated heterocycles. The van der Waals surface area contributed by atoms with E-state index in [2.05, 4.69) is 15.0 Å². The van der Waals surface area contributed by atoms with Crippen LogP contribution in [0.2, 0.25) is 0 Å². The fourth-order valence-electron chi connectivity index (χ4n) is 1.21. The topological polar surface area (TPSA) is 94.3 Å². The number of aromatic nitrogens is 1. The lowest BCUT2D eigenvalue weighted by Crippen LogP contribution is -2.35. The monoisotopic (exact) mass is 237 g/mol. The summed E-state index contributed by atoms with van der Waals surface area (Å²) in [7, 11) is 1.30. The van der Waals surface area contributed by atoms with E-state index in [1.807, 2.05) is 0 Å². The first-order chi connectivity index (χ1) is 8.15. The molecule has 0 fully saturated rings. The molecular formula is C11H15N3O3. The third-order valence-electron chi connectivity index (χ3n) is 2.18. The second-order valence-electron chi connectivity index (χ2n) is 3.38. The molecule has 92 valence electrons. The summed E-state index contributed by atoms with van der Waals surface area (Å²) in [4.78, 5) is 26.3. The van der Waals surface area contributed by atoms with E-state index >= 15 is 0 Å². The number of ether oxygens (including phenoxy) is 1. The smallest absolute Gasteiger partial charge is 0.307 e. The molecule has 1 amide bonds. The van der Waals surface area contributed by atoms with Crippen LogP contribution in [0.25, 0.3) is 0 Å². The van der Waals surface area contributed by atoms with Crippen LogP contribution < -0.4 is 11.1 Å². The number of hydrogen-bond donors (Lipinski definition) is 2. The number of amides is 1. The molecular weight excluding hydrogens is 222 g/mol. The van der Waals surface area contributed by atoms with Crippen molar-refractivity contribution in [2.75, 3.05) is 13.7 Å². The van der Waals surface area contributed by atoms with E-state index in [1.54, 1.807) is 18.3 Å². The van der Waals surface area contributed by atoms with Gasteiger partial charge in [0.15, 0.2) is 0 Å². The number of pyridine rings is 1. The summed E-state index contributed by atoms with van der Waals surface area (Å²) < 4.78 is 4.45. The fourth-order valence-corrected chi connectivity index (χ4v) is 1.21. The van der Waals surface area contributed by atoms with Crippen LogP contribution in [-0.2, 0) is 14.3 Å². The lowest BCUT2D eigenvalue weighted by Gasteiger charge is -2.11. The molecule has 0 radical (unpaired) electrons. The average Bonchev–Trinajstić information content (AvgIpc) is 2.38. The molecule has 1 aromatic rings. The van der Waals surface area contributed by atoms with Crippen LogP contribution in [0.3, 0.4) is 0 Å². The molecule has 1 unspecified atom stereocenters. The van der Waals surface area contributed by atoms with Crippen molar-refractivity contribution in [3.63, 3.8) is 0 Å². The molecule has 1 aromatic heterocycles.